The maximum atomic E-state index is 13.7. The summed E-state index contributed by atoms with van der Waals surface area (Å²) in [6, 6.07) is 3.49. The maximum Gasteiger partial charge on any atom is 0.254 e. The largest absolute Gasteiger partial charge is 0.396 e. The topological polar surface area (TPSA) is 78.4 Å². The summed E-state index contributed by atoms with van der Waals surface area (Å²) in [5.41, 5.74) is 0.208. The normalized spacial score (nSPS) is 13.4. The number of anilines is 1. The molecule has 0 aromatic heterocycles. The number of hydrogen-bond acceptors (Lipinski definition) is 3. The van der Waals surface area contributed by atoms with Gasteiger partial charge in [-0.2, -0.15) is 0 Å². The molecule has 0 bridgehead atoms. The van der Waals surface area contributed by atoms with Crippen molar-refractivity contribution in [2.45, 2.75) is 26.8 Å². The van der Waals surface area contributed by atoms with Gasteiger partial charge in [0.2, 0.25) is 5.91 Å². The van der Waals surface area contributed by atoms with Crippen molar-refractivity contribution in [1.29, 1.82) is 0 Å². The Morgan fingerprint density at radius 2 is 2.00 bits per heavy atom. The van der Waals surface area contributed by atoms with E-state index in [1.54, 1.807) is 13.8 Å². The van der Waals surface area contributed by atoms with E-state index in [1.165, 1.54) is 19.1 Å². The van der Waals surface area contributed by atoms with Gasteiger partial charge in [-0.15, -0.1) is 0 Å². The van der Waals surface area contributed by atoms with Crippen molar-refractivity contribution in [3.8, 4) is 0 Å². The molecule has 1 aromatic carbocycles. The minimum atomic E-state index is -0.666. The van der Waals surface area contributed by atoms with Gasteiger partial charge in [-0.1, -0.05) is 6.92 Å². The predicted octanol–water partition coefficient (Wildman–Crippen LogP) is 1.53. The van der Waals surface area contributed by atoms with Crippen LogP contribution in [0.4, 0.5) is 10.1 Å². The molecule has 0 aliphatic rings. The number of carbonyl (C=O) groups excluding carboxylic acids is 2. The Hall–Kier alpha value is -1.95. The summed E-state index contributed by atoms with van der Waals surface area (Å²) >= 11 is 0. The number of hydrogen-bond donors (Lipinski definition) is 3. The van der Waals surface area contributed by atoms with Crippen molar-refractivity contribution in [2.24, 2.45) is 5.92 Å². The van der Waals surface area contributed by atoms with Crippen LogP contribution in [0.3, 0.4) is 0 Å². The number of amides is 2. The molecule has 0 aliphatic heterocycles. The highest BCUT2D eigenvalue weighted by Gasteiger charge is 2.18. The molecule has 2 amide bonds. The van der Waals surface area contributed by atoms with Gasteiger partial charge in [0.15, 0.2) is 0 Å². The molecule has 0 saturated carbocycles. The SMILES string of the molecule is CC(=O)Nc1ccc(F)c(C(=O)NC(C)C(C)CO)c1. The molecule has 5 nitrogen and oxygen atoms in total. The number of benzene rings is 1. The minimum absolute atomic E-state index is 0.0736. The first kappa shape index (κ1) is 16.1. The first-order valence-corrected chi connectivity index (χ1v) is 6.34. The third kappa shape index (κ3) is 4.31. The van der Waals surface area contributed by atoms with Crippen LogP contribution in [-0.2, 0) is 4.79 Å². The quantitative estimate of drug-likeness (QED) is 0.766. The third-order valence-corrected chi connectivity index (χ3v) is 3.03. The van der Waals surface area contributed by atoms with E-state index < -0.39 is 11.7 Å². The molecular weight excluding hydrogens is 263 g/mol. The molecule has 0 heterocycles. The zero-order valence-corrected chi connectivity index (χ0v) is 11.7. The molecule has 2 atom stereocenters. The second-order valence-corrected chi connectivity index (χ2v) is 4.80. The van der Waals surface area contributed by atoms with Crippen LogP contribution in [0, 0.1) is 11.7 Å². The highest BCUT2D eigenvalue weighted by molar-refractivity contribution is 5.97. The fraction of sp³-hybridized carbons (Fsp3) is 0.429. The van der Waals surface area contributed by atoms with Gasteiger partial charge in [0.05, 0.1) is 5.56 Å². The molecule has 0 saturated heterocycles. The van der Waals surface area contributed by atoms with Crippen molar-refractivity contribution in [2.75, 3.05) is 11.9 Å². The van der Waals surface area contributed by atoms with E-state index in [-0.39, 0.29) is 30.0 Å². The van der Waals surface area contributed by atoms with Crippen molar-refractivity contribution in [3.63, 3.8) is 0 Å². The molecule has 0 fully saturated rings. The highest BCUT2D eigenvalue weighted by Crippen LogP contribution is 2.15. The fourth-order valence-electron chi connectivity index (χ4n) is 1.57. The molecule has 20 heavy (non-hydrogen) atoms. The lowest BCUT2D eigenvalue weighted by Crippen LogP contribution is -2.38. The van der Waals surface area contributed by atoms with Crippen LogP contribution < -0.4 is 10.6 Å². The highest BCUT2D eigenvalue weighted by atomic mass is 19.1. The molecule has 0 radical (unpaired) electrons. The zero-order valence-electron chi connectivity index (χ0n) is 11.7. The summed E-state index contributed by atoms with van der Waals surface area (Å²) < 4.78 is 13.7. The molecule has 0 aliphatic carbocycles. The molecule has 6 heteroatoms. The van der Waals surface area contributed by atoms with Crippen LogP contribution in [-0.4, -0.2) is 29.6 Å². The van der Waals surface area contributed by atoms with E-state index in [4.69, 9.17) is 5.11 Å². The Balaban J connectivity index is 2.89. The molecule has 1 rings (SSSR count). The van der Waals surface area contributed by atoms with Gasteiger partial charge in [0.25, 0.3) is 5.91 Å². The van der Waals surface area contributed by atoms with Crippen LogP contribution in [0.5, 0.6) is 0 Å². The Morgan fingerprint density at radius 1 is 1.35 bits per heavy atom. The Kier molecular flexibility index (Phi) is 5.64. The zero-order chi connectivity index (χ0) is 15.3. The second-order valence-electron chi connectivity index (χ2n) is 4.80. The summed E-state index contributed by atoms with van der Waals surface area (Å²) in [6.07, 6.45) is 0. The Labute approximate surface area is 117 Å². The van der Waals surface area contributed by atoms with Gasteiger partial charge in [-0.25, -0.2) is 4.39 Å². The van der Waals surface area contributed by atoms with Gasteiger partial charge in [0, 0.05) is 25.3 Å². The number of aliphatic hydroxyl groups is 1. The van der Waals surface area contributed by atoms with E-state index in [9.17, 15) is 14.0 Å². The number of nitrogens with one attached hydrogen (secondary N) is 2. The first-order chi connectivity index (χ1) is 9.35. The Bertz CT molecular complexity index is 505. The monoisotopic (exact) mass is 282 g/mol. The predicted molar refractivity (Wildman–Crippen MR) is 73.9 cm³/mol. The molecular formula is C14H19FN2O3. The average Bonchev–Trinajstić information content (AvgIpc) is 2.39. The summed E-state index contributed by atoms with van der Waals surface area (Å²) in [5, 5.41) is 14.1. The lowest BCUT2D eigenvalue weighted by Gasteiger charge is -2.19. The van der Waals surface area contributed by atoms with Crippen molar-refractivity contribution in [1.82, 2.24) is 5.32 Å². The second kappa shape index (κ2) is 7.00. The van der Waals surface area contributed by atoms with E-state index in [1.807, 2.05) is 0 Å². The van der Waals surface area contributed by atoms with Gasteiger partial charge in [0.1, 0.15) is 5.82 Å². The van der Waals surface area contributed by atoms with Crippen LogP contribution in [0.15, 0.2) is 18.2 Å². The molecule has 1 aromatic rings. The summed E-state index contributed by atoms with van der Waals surface area (Å²) in [5.74, 6) is -1.69. The van der Waals surface area contributed by atoms with Gasteiger partial charge in [-0.3, -0.25) is 9.59 Å². The minimum Gasteiger partial charge on any atom is -0.396 e. The lowest BCUT2D eigenvalue weighted by atomic mass is 10.0. The van der Waals surface area contributed by atoms with Crippen LogP contribution in [0.2, 0.25) is 0 Å². The average molecular weight is 282 g/mol. The summed E-state index contributed by atoms with van der Waals surface area (Å²) in [4.78, 5) is 22.9. The van der Waals surface area contributed by atoms with E-state index in [0.717, 1.165) is 6.07 Å². The number of halogens is 1. The molecule has 2 unspecified atom stereocenters. The van der Waals surface area contributed by atoms with Crippen molar-refractivity contribution >= 4 is 17.5 Å². The van der Waals surface area contributed by atoms with E-state index in [2.05, 4.69) is 10.6 Å². The fourth-order valence-corrected chi connectivity index (χ4v) is 1.57. The number of rotatable bonds is 5. The van der Waals surface area contributed by atoms with Crippen molar-refractivity contribution < 1.29 is 19.1 Å². The van der Waals surface area contributed by atoms with Crippen LogP contribution in [0.25, 0.3) is 0 Å². The van der Waals surface area contributed by atoms with Crippen LogP contribution in [0.1, 0.15) is 31.1 Å². The lowest BCUT2D eigenvalue weighted by molar-refractivity contribution is -0.114. The first-order valence-electron chi connectivity index (χ1n) is 6.34. The smallest absolute Gasteiger partial charge is 0.254 e. The van der Waals surface area contributed by atoms with Crippen molar-refractivity contribution in [3.05, 3.63) is 29.6 Å². The van der Waals surface area contributed by atoms with E-state index >= 15 is 0 Å². The van der Waals surface area contributed by atoms with Gasteiger partial charge in [-0.05, 0) is 31.0 Å². The maximum absolute atomic E-state index is 13.7. The van der Waals surface area contributed by atoms with Gasteiger partial charge >= 0.3 is 0 Å². The number of carbonyl (C=O) groups is 2. The molecule has 110 valence electrons. The standard InChI is InChI=1S/C14H19FN2O3/c1-8(7-18)9(2)16-14(20)12-6-11(17-10(3)19)4-5-13(12)15/h4-6,8-9,18H,7H2,1-3H3,(H,16,20)(H,17,19). The molecule has 0 spiro atoms. The third-order valence-electron chi connectivity index (χ3n) is 3.03. The van der Waals surface area contributed by atoms with E-state index in [0.29, 0.717) is 5.69 Å². The summed E-state index contributed by atoms with van der Waals surface area (Å²) in [6.45, 7) is 4.76. The number of aliphatic hydroxyl groups excluding tert-OH is 1. The molecule has 3 N–H and O–H groups in total. The summed E-state index contributed by atoms with van der Waals surface area (Å²) in [7, 11) is 0. The van der Waals surface area contributed by atoms with Gasteiger partial charge < -0.3 is 15.7 Å². The Morgan fingerprint density at radius 3 is 2.55 bits per heavy atom. The van der Waals surface area contributed by atoms with Crippen LogP contribution >= 0.6 is 0 Å².